The van der Waals surface area contributed by atoms with E-state index < -0.39 is 0 Å². The molecule has 1 aromatic carbocycles. The predicted octanol–water partition coefficient (Wildman–Crippen LogP) is 2.16. The lowest BCUT2D eigenvalue weighted by Crippen LogP contribution is -2.15. The number of H-pyrrole nitrogens is 2. The molecule has 1 heterocycles. The Kier molecular flexibility index (Phi) is 2.78. The molecule has 4 nitrogen and oxygen atoms in total. The summed E-state index contributed by atoms with van der Waals surface area (Å²) in [6.45, 7) is 0. The molecule has 1 aromatic heterocycles. The maximum absolute atomic E-state index is 11.2. The van der Waals surface area contributed by atoms with Crippen molar-refractivity contribution in [3.8, 4) is 0 Å². The quantitative estimate of drug-likeness (QED) is 0.850. The summed E-state index contributed by atoms with van der Waals surface area (Å²) in [6, 6.07) is 6.03. The topological polar surface area (TPSA) is 65.7 Å². The number of nitrogens with one attached hydrogen (secondary N) is 2. The van der Waals surface area contributed by atoms with Crippen molar-refractivity contribution < 1.29 is 4.79 Å². The molecule has 1 aliphatic rings. The second kappa shape index (κ2) is 4.44. The SMILES string of the molecule is O=C1CCC(Cc2ccc3[nH]c(=O)[nH]c3c2)CC1. The van der Waals surface area contributed by atoms with Gasteiger partial charge in [-0.25, -0.2) is 4.79 Å². The largest absolute Gasteiger partial charge is 0.323 e. The van der Waals surface area contributed by atoms with E-state index in [1.165, 1.54) is 5.56 Å². The van der Waals surface area contributed by atoms with Gasteiger partial charge in [0.15, 0.2) is 0 Å². The van der Waals surface area contributed by atoms with Crippen molar-refractivity contribution in [3.05, 3.63) is 34.2 Å². The number of carbonyl (C=O) groups is 1. The summed E-state index contributed by atoms with van der Waals surface area (Å²) >= 11 is 0. The van der Waals surface area contributed by atoms with Gasteiger partial charge in [-0.3, -0.25) is 4.79 Å². The normalized spacial score (nSPS) is 17.4. The molecule has 0 atom stereocenters. The molecule has 1 saturated carbocycles. The van der Waals surface area contributed by atoms with Crippen molar-refractivity contribution in [1.82, 2.24) is 9.97 Å². The smallest absolute Gasteiger partial charge is 0.306 e. The van der Waals surface area contributed by atoms with Crippen LogP contribution in [0.15, 0.2) is 23.0 Å². The predicted molar refractivity (Wildman–Crippen MR) is 69.6 cm³/mol. The number of aromatic amines is 2. The Balaban J connectivity index is 1.78. The highest BCUT2D eigenvalue weighted by Crippen LogP contribution is 2.25. The van der Waals surface area contributed by atoms with Gasteiger partial charge < -0.3 is 9.97 Å². The lowest BCUT2D eigenvalue weighted by Gasteiger charge is -2.20. The average Bonchev–Trinajstić information content (AvgIpc) is 2.71. The third-order valence-corrected chi connectivity index (χ3v) is 3.77. The molecule has 94 valence electrons. The zero-order chi connectivity index (χ0) is 12.5. The van der Waals surface area contributed by atoms with Crippen molar-refractivity contribution in [2.24, 2.45) is 5.92 Å². The van der Waals surface area contributed by atoms with Crippen LogP contribution in [0.5, 0.6) is 0 Å². The summed E-state index contributed by atoms with van der Waals surface area (Å²) in [5.41, 5.74) is 2.79. The molecule has 2 aromatic rings. The molecule has 0 saturated heterocycles. The van der Waals surface area contributed by atoms with Crippen molar-refractivity contribution in [1.29, 1.82) is 0 Å². The summed E-state index contributed by atoms with van der Waals surface area (Å²) in [5.74, 6) is 1.00. The fourth-order valence-corrected chi connectivity index (χ4v) is 2.74. The molecular weight excluding hydrogens is 228 g/mol. The molecule has 1 fully saturated rings. The van der Waals surface area contributed by atoms with Crippen LogP contribution in [0.3, 0.4) is 0 Å². The van der Waals surface area contributed by atoms with Crippen molar-refractivity contribution >= 4 is 16.8 Å². The van der Waals surface area contributed by atoms with Gasteiger partial charge in [0.1, 0.15) is 5.78 Å². The molecule has 3 rings (SSSR count). The lowest BCUT2D eigenvalue weighted by atomic mass is 9.84. The Labute approximate surface area is 104 Å². The van der Waals surface area contributed by atoms with Crippen LogP contribution in [0.2, 0.25) is 0 Å². The molecular formula is C14H16N2O2. The summed E-state index contributed by atoms with van der Waals surface area (Å²) in [4.78, 5) is 27.9. The fraction of sp³-hybridized carbons (Fsp3) is 0.429. The van der Waals surface area contributed by atoms with Gasteiger partial charge in [0.2, 0.25) is 0 Å². The zero-order valence-electron chi connectivity index (χ0n) is 10.2. The monoisotopic (exact) mass is 244 g/mol. The number of hydrogen-bond donors (Lipinski definition) is 2. The van der Waals surface area contributed by atoms with E-state index in [9.17, 15) is 9.59 Å². The van der Waals surface area contributed by atoms with E-state index in [4.69, 9.17) is 0 Å². The first-order valence-electron chi connectivity index (χ1n) is 6.43. The highest BCUT2D eigenvalue weighted by atomic mass is 16.1. The maximum Gasteiger partial charge on any atom is 0.323 e. The van der Waals surface area contributed by atoms with Gasteiger partial charge >= 0.3 is 5.69 Å². The van der Waals surface area contributed by atoms with E-state index >= 15 is 0 Å². The van der Waals surface area contributed by atoms with Gasteiger partial charge in [0.25, 0.3) is 0 Å². The first-order chi connectivity index (χ1) is 8.70. The number of ketones is 1. The Morgan fingerprint density at radius 3 is 2.56 bits per heavy atom. The van der Waals surface area contributed by atoms with Gasteiger partial charge in [-0.05, 0) is 42.9 Å². The van der Waals surface area contributed by atoms with Crippen LogP contribution in [0.1, 0.15) is 31.2 Å². The van der Waals surface area contributed by atoms with E-state index in [2.05, 4.69) is 16.0 Å². The minimum Gasteiger partial charge on any atom is -0.306 e. The van der Waals surface area contributed by atoms with Crippen LogP contribution in [0, 0.1) is 5.92 Å². The second-order valence-electron chi connectivity index (χ2n) is 5.15. The van der Waals surface area contributed by atoms with Gasteiger partial charge in [-0.2, -0.15) is 0 Å². The minimum absolute atomic E-state index is 0.162. The number of carbonyl (C=O) groups excluding carboxylic acids is 1. The van der Waals surface area contributed by atoms with Crippen LogP contribution in [0.4, 0.5) is 0 Å². The summed E-state index contributed by atoms with van der Waals surface area (Å²) < 4.78 is 0. The Morgan fingerprint density at radius 2 is 1.78 bits per heavy atom. The zero-order valence-corrected chi connectivity index (χ0v) is 10.2. The van der Waals surface area contributed by atoms with Gasteiger partial charge in [-0.1, -0.05) is 6.07 Å². The van der Waals surface area contributed by atoms with Gasteiger partial charge in [-0.15, -0.1) is 0 Å². The van der Waals surface area contributed by atoms with Crippen molar-refractivity contribution in [2.45, 2.75) is 32.1 Å². The molecule has 0 radical (unpaired) electrons. The second-order valence-corrected chi connectivity index (χ2v) is 5.15. The summed E-state index contributed by atoms with van der Waals surface area (Å²) in [7, 11) is 0. The van der Waals surface area contributed by atoms with Crippen LogP contribution < -0.4 is 5.69 Å². The molecule has 1 aliphatic carbocycles. The van der Waals surface area contributed by atoms with Gasteiger partial charge in [0, 0.05) is 12.8 Å². The molecule has 4 heteroatoms. The van der Waals surface area contributed by atoms with Crippen molar-refractivity contribution in [2.75, 3.05) is 0 Å². The van der Waals surface area contributed by atoms with E-state index in [1.54, 1.807) is 0 Å². The molecule has 0 aliphatic heterocycles. The van der Waals surface area contributed by atoms with Gasteiger partial charge in [0.05, 0.1) is 11.0 Å². The van der Waals surface area contributed by atoms with Crippen LogP contribution >= 0.6 is 0 Å². The van der Waals surface area contributed by atoms with Crippen LogP contribution in [0.25, 0.3) is 11.0 Å². The number of imidazole rings is 1. The number of hydrogen-bond acceptors (Lipinski definition) is 2. The third kappa shape index (κ3) is 2.23. The lowest BCUT2D eigenvalue weighted by molar-refractivity contribution is -0.121. The summed E-state index contributed by atoms with van der Waals surface area (Å²) in [5, 5.41) is 0. The first kappa shape index (κ1) is 11.3. The number of benzene rings is 1. The van der Waals surface area contributed by atoms with E-state index in [0.717, 1.165) is 43.1 Å². The minimum atomic E-state index is -0.162. The van der Waals surface area contributed by atoms with E-state index in [-0.39, 0.29) is 5.69 Å². The molecule has 0 bridgehead atoms. The molecule has 0 unspecified atom stereocenters. The molecule has 0 spiro atoms. The number of fused-ring (bicyclic) bond motifs is 1. The Bertz CT molecular complexity index is 629. The third-order valence-electron chi connectivity index (χ3n) is 3.77. The van der Waals surface area contributed by atoms with Crippen molar-refractivity contribution in [3.63, 3.8) is 0 Å². The highest BCUT2D eigenvalue weighted by molar-refractivity contribution is 5.79. The number of aromatic nitrogens is 2. The first-order valence-corrected chi connectivity index (χ1v) is 6.43. The highest BCUT2D eigenvalue weighted by Gasteiger charge is 2.18. The molecule has 2 N–H and O–H groups in total. The van der Waals surface area contributed by atoms with E-state index in [0.29, 0.717) is 11.7 Å². The average molecular weight is 244 g/mol. The Morgan fingerprint density at radius 1 is 1.06 bits per heavy atom. The Hall–Kier alpha value is -1.84. The fourth-order valence-electron chi connectivity index (χ4n) is 2.74. The number of Topliss-reactive ketones (excluding diaryl/α,β-unsaturated/α-hetero) is 1. The van der Waals surface area contributed by atoms with Crippen LogP contribution in [-0.4, -0.2) is 15.8 Å². The molecule has 18 heavy (non-hydrogen) atoms. The standard InChI is InChI=1S/C14H16N2O2/c17-11-4-1-9(2-5-11)7-10-3-6-12-13(8-10)16-14(18)15-12/h3,6,8-9H,1-2,4-5,7H2,(H2,15,16,18). The van der Waals surface area contributed by atoms with E-state index in [1.807, 2.05) is 12.1 Å². The number of rotatable bonds is 2. The maximum atomic E-state index is 11.2. The summed E-state index contributed by atoms with van der Waals surface area (Å²) in [6.07, 6.45) is 4.46. The van der Waals surface area contributed by atoms with Crippen LogP contribution in [-0.2, 0) is 11.2 Å². The molecule has 0 amide bonds.